The molecule has 0 aromatic heterocycles. The summed E-state index contributed by atoms with van der Waals surface area (Å²) in [6, 6.07) is 27.6. The first-order valence-corrected chi connectivity index (χ1v) is 12.5. The lowest BCUT2D eigenvalue weighted by atomic mass is 9.88. The Morgan fingerprint density at radius 3 is 1.34 bits per heavy atom. The van der Waals surface area contributed by atoms with Crippen LogP contribution in [-0.4, -0.2) is 36.3 Å². The van der Waals surface area contributed by atoms with E-state index < -0.39 is 12.5 Å². The van der Waals surface area contributed by atoms with Crippen molar-refractivity contribution in [2.45, 2.75) is 24.3 Å². The molecule has 0 spiro atoms. The molecule has 8 rings (SSSR count). The van der Waals surface area contributed by atoms with Crippen molar-refractivity contribution >= 4 is 0 Å². The number of ether oxygens (including phenoxy) is 6. The Morgan fingerprint density at radius 1 is 0.526 bits per heavy atom. The fraction of sp³-hybridized carbons (Fsp3) is 0.200. The Morgan fingerprint density at radius 2 is 0.921 bits per heavy atom. The van der Waals surface area contributed by atoms with E-state index in [-0.39, 0.29) is 25.4 Å². The molecule has 1 N–H and O–H groups in total. The van der Waals surface area contributed by atoms with E-state index in [4.69, 9.17) is 28.4 Å². The van der Waals surface area contributed by atoms with Gasteiger partial charge in [-0.3, -0.25) is 0 Å². The summed E-state index contributed by atoms with van der Waals surface area (Å²) in [6.45, 7) is 0.349. The Hall–Kier alpha value is -4.40. The second-order valence-electron chi connectivity index (χ2n) is 9.66. The Bertz CT molecular complexity index is 1410. The maximum Gasteiger partial charge on any atom is 0.231 e. The maximum absolute atomic E-state index is 11.9. The maximum atomic E-state index is 11.9. The molecule has 4 heterocycles. The highest BCUT2D eigenvalue weighted by atomic mass is 16.7. The minimum absolute atomic E-state index is 0.175. The summed E-state index contributed by atoms with van der Waals surface area (Å²) in [7, 11) is 0. The van der Waals surface area contributed by atoms with Gasteiger partial charge in [0.25, 0.3) is 0 Å². The van der Waals surface area contributed by atoms with Gasteiger partial charge in [0, 0.05) is 23.3 Å². The number of nitrogens with zero attached hydrogens (tertiary/aromatic N) is 1. The summed E-state index contributed by atoms with van der Waals surface area (Å²) in [4.78, 5) is 0. The molecule has 4 aromatic rings. The van der Waals surface area contributed by atoms with E-state index in [1.54, 1.807) is 0 Å². The highest BCUT2D eigenvalue weighted by Gasteiger charge is 2.49. The first kappa shape index (κ1) is 21.7. The smallest absolute Gasteiger partial charge is 0.231 e. The molecule has 0 saturated heterocycles. The van der Waals surface area contributed by atoms with Crippen LogP contribution < -0.4 is 28.4 Å². The summed E-state index contributed by atoms with van der Waals surface area (Å²) in [5.41, 5.74) is 3.83. The zero-order valence-electron chi connectivity index (χ0n) is 20.2. The van der Waals surface area contributed by atoms with Gasteiger partial charge in [0.05, 0.1) is 11.8 Å². The molecule has 4 atom stereocenters. The zero-order chi connectivity index (χ0) is 25.2. The van der Waals surface area contributed by atoms with Gasteiger partial charge >= 0.3 is 0 Å². The van der Waals surface area contributed by atoms with Crippen molar-refractivity contribution in [3.05, 3.63) is 107 Å². The van der Waals surface area contributed by atoms with E-state index in [1.165, 1.54) is 5.06 Å². The highest BCUT2D eigenvalue weighted by Crippen LogP contribution is 2.53. The molecule has 0 unspecified atom stereocenters. The lowest BCUT2D eigenvalue weighted by Crippen LogP contribution is -2.49. The van der Waals surface area contributed by atoms with Gasteiger partial charge in [0.15, 0.2) is 35.5 Å². The van der Waals surface area contributed by atoms with Crippen molar-refractivity contribution in [2.24, 2.45) is 0 Å². The molecule has 0 bridgehead atoms. The van der Waals surface area contributed by atoms with Crippen LogP contribution in [0.25, 0.3) is 0 Å². The molecule has 4 aromatic carbocycles. The SMILES string of the molecule is ON([C@H]1Oc2cc3c(cc2[C@@H]1c1ccccc1)OCO3)[C@H]1Oc2cc3c(cc2[C@@H]1c1ccccc1)OCO3. The monoisotopic (exact) mass is 509 g/mol. The summed E-state index contributed by atoms with van der Waals surface area (Å²) in [5.74, 6) is 3.26. The molecule has 0 radical (unpaired) electrons. The van der Waals surface area contributed by atoms with E-state index in [9.17, 15) is 5.21 Å². The van der Waals surface area contributed by atoms with Gasteiger partial charge in [-0.05, 0) is 23.3 Å². The lowest BCUT2D eigenvalue weighted by Gasteiger charge is -2.33. The van der Waals surface area contributed by atoms with Gasteiger partial charge in [-0.2, -0.15) is 0 Å². The first-order valence-electron chi connectivity index (χ1n) is 12.5. The average molecular weight is 510 g/mol. The van der Waals surface area contributed by atoms with Gasteiger partial charge in [-0.15, -0.1) is 5.06 Å². The lowest BCUT2D eigenvalue weighted by molar-refractivity contribution is -0.251. The van der Waals surface area contributed by atoms with Gasteiger partial charge in [-0.1, -0.05) is 60.7 Å². The van der Waals surface area contributed by atoms with Crippen LogP contribution in [-0.2, 0) is 0 Å². The second-order valence-corrected chi connectivity index (χ2v) is 9.66. The van der Waals surface area contributed by atoms with Crippen molar-refractivity contribution in [1.29, 1.82) is 0 Å². The van der Waals surface area contributed by atoms with Crippen molar-refractivity contribution in [3.8, 4) is 34.5 Å². The third kappa shape index (κ3) is 3.24. The Balaban J connectivity index is 1.22. The largest absolute Gasteiger partial charge is 0.471 e. The molecule has 4 aliphatic heterocycles. The number of benzene rings is 4. The van der Waals surface area contributed by atoms with Crippen LogP contribution in [0.15, 0.2) is 84.9 Å². The van der Waals surface area contributed by atoms with Gasteiger partial charge in [-0.25, -0.2) is 0 Å². The molecule has 8 heteroatoms. The number of hydrogen-bond acceptors (Lipinski definition) is 8. The van der Waals surface area contributed by atoms with Crippen LogP contribution in [0.5, 0.6) is 34.5 Å². The highest BCUT2D eigenvalue weighted by molar-refractivity contribution is 5.59. The topological polar surface area (TPSA) is 78.9 Å². The Kier molecular flexibility index (Phi) is 4.74. The van der Waals surface area contributed by atoms with Crippen LogP contribution in [0.3, 0.4) is 0 Å². The van der Waals surface area contributed by atoms with Gasteiger partial charge < -0.3 is 33.6 Å². The van der Waals surface area contributed by atoms with E-state index >= 15 is 0 Å². The molecular formula is C30H23NO7. The minimum atomic E-state index is -0.764. The molecular weight excluding hydrogens is 486 g/mol. The molecule has 0 fully saturated rings. The summed E-state index contributed by atoms with van der Waals surface area (Å²) >= 11 is 0. The predicted octanol–water partition coefficient (Wildman–Crippen LogP) is 5.24. The van der Waals surface area contributed by atoms with Crippen molar-refractivity contribution in [2.75, 3.05) is 13.6 Å². The van der Waals surface area contributed by atoms with Gasteiger partial charge in [0.2, 0.25) is 13.6 Å². The number of rotatable bonds is 4. The molecule has 4 aliphatic rings. The van der Waals surface area contributed by atoms with Crippen molar-refractivity contribution < 1.29 is 33.6 Å². The van der Waals surface area contributed by atoms with Crippen LogP contribution >= 0.6 is 0 Å². The summed E-state index contributed by atoms with van der Waals surface area (Å²) in [6.07, 6.45) is -1.53. The summed E-state index contributed by atoms with van der Waals surface area (Å²) in [5, 5.41) is 13.1. The first-order chi connectivity index (χ1) is 18.7. The molecule has 0 saturated carbocycles. The molecule has 190 valence electrons. The van der Waals surface area contributed by atoms with Crippen LogP contribution in [0, 0.1) is 0 Å². The van der Waals surface area contributed by atoms with Crippen molar-refractivity contribution in [3.63, 3.8) is 0 Å². The van der Waals surface area contributed by atoms with Crippen molar-refractivity contribution in [1.82, 2.24) is 5.06 Å². The minimum Gasteiger partial charge on any atom is -0.471 e. The second kappa shape index (κ2) is 8.31. The molecule has 0 amide bonds. The zero-order valence-corrected chi connectivity index (χ0v) is 20.2. The van der Waals surface area contributed by atoms with E-state index in [1.807, 2.05) is 84.9 Å². The fourth-order valence-corrected chi connectivity index (χ4v) is 5.84. The number of fused-ring (bicyclic) bond motifs is 4. The number of hydrogen-bond donors (Lipinski definition) is 1. The molecule has 0 aliphatic carbocycles. The number of hydroxylamine groups is 2. The third-order valence-corrected chi connectivity index (χ3v) is 7.58. The molecule has 8 nitrogen and oxygen atoms in total. The normalized spacial score (nSPS) is 23.6. The summed E-state index contributed by atoms with van der Waals surface area (Å²) < 4.78 is 35.4. The average Bonchev–Trinajstić information content (AvgIpc) is 3.75. The predicted molar refractivity (Wildman–Crippen MR) is 134 cm³/mol. The fourth-order valence-electron chi connectivity index (χ4n) is 5.84. The Labute approximate surface area is 218 Å². The van der Waals surface area contributed by atoms with Crippen LogP contribution in [0.1, 0.15) is 34.1 Å². The standard InChI is InChI=1S/C30H23NO7/c32-31(29-27(17-7-3-1-4-8-17)19-11-23-25(35-15-33-23)13-21(19)37-29)30-28(18-9-5-2-6-10-18)20-12-24-26(36-16-34-24)14-22(20)38-30/h1-14,27-30,32H,15-16H2/t27-,28-,29-,30-/m0/s1. The van der Waals surface area contributed by atoms with E-state index in [0.29, 0.717) is 34.5 Å². The quantitative estimate of drug-likeness (QED) is 0.375. The van der Waals surface area contributed by atoms with E-state index in [2.05, 4.69) is 0 Å². The van der Waals surface area contributed by atoms with E-state index in [0.717, 1.165) is 22.3 Å². The third-order valence-electron chi connectivity index (χ3n) is 7.58. The van der Waals surface area contributed by atoms with Crippen LogP contribution in [0.2, 0.25) is 0 Å². The van der Waals surface area contributed by atoms with Gasteiger partial charge in [0.1, 0.15) is 11.5 Å². The molecule has 38 heavy (non-hydrogen) atoms. The van der Waals surface area contributed by atoms with Crippen LogP contribution in [0.4, 0.5) is 0 Å².